The normalized spacial score (nSPS) is 11.1. The van der Waals surface area contributed by atoms with Crippen molar-refractivity contribution in [2.75, 3.05) is 11.1 Å². The first-order valence-electron chi connectivity index (χ1n) is 7.53. The van der Waals surface area contributed by atoms with Crippen molar-refractivity contribution in [2.24, 2.45) is 5.10 Å². The molecular weight excluding hydrogens is 358 g/mol. The molecule has 0 saturated carbocycles. The maximum absolute atomic E-state index is 11.9. The SMILES string of the molecule is CC(=O)Nc1cccc(/C(C)=N\NC(=O)CSc2ccc(Cl)cc2)c1. The van der Waals surface area contributed by atoms with Gasteiger partial charge in [-0.3, -0.25) is 9.59 Å². The molecule has 0 aromatic heterocycles. The molecule has 0 heterocycles. The summed E-state index contributed by atoms with van der Waals surface area (Å²) in [7, 11) is 0. The minimum atomic E-state index is -0.197. The van der Waals surface area contributed by atoms with Crippen molar-refractivity contribution in [1.29, 1.82) is 0 Å². The van der Waals surface area contributed by atoms with Gasteiger partial charge in [-0.1, -0.05) is 23.7 Å². The second-order valence-corrected chi connectivity index (χ2v) is 6.72. The van der Waals surface area contributed by atoms with Gasteiger partial charge in [0.25, 0.3) is 0 Å². The van der Waals surface area contributed by atoms with Gasteiger partial charge >= 0.3 is 0 Å². The summed E-state index contributed by atoms with van der Waals surface area (Å²) >= 11 is 7.23. The Hall–Kier alpha value is -2.31. The van der Waals surface area contributed by atoms with E-state index >= 15 is 0 Å². The van der Waals surface area contributed by atoms with Crippen molar-refractivity contribution in [3.05, 3.63) is 59.1 Å². The highest BCUT2D eigenvalue weighted by Gasteiger charge is 2.04. The maximum atomic E-state index is 11.9. The van der Waals surface area contributed by atoms with E-state index in [0.29, 0.717) is 16.4 Å². The summed E-state index contributed by atoms with van der Waals surface area (Å²) in [4.78, 5) is 24.0. The van der Waals surface area contributed by atoms with Crippen molar-refractivity contribution < 1.29 is 9.59 Å². The highest BCUT2D eigenvalue weighted by atomic mass is 35.5. The number of hydrazone groups is 1. The number of benzene rings is 2. The second kappa shape index (κ2) is 9.25. The lowest BCUT2D eigenvalue weighted by molar-refractivity contribution is -0.118. The molecule has 7 heteroatoms. The fourth-order valence-electron chi connectivity index (χ4n) is 1.95. The number of hydrogen-bond donors (Lipinski definition) is 2. The molecule has 2 aromatic rings. The highest BCUT2D eigenvalue weighted by molar-refractivity contribution is 8.00. The molecule has 25 heavy (non-hydrogen) atoms. The molecule has 0 aliphatic rings. The van der Waals surface area contributed by atoms with Crippen molar-refractivity contribution in [1.82, 2.24) is 5.43 Å². The zero-order chi connectivity index (χ0) is 18.2. The average Bonchev–Trinajstić information content (AvgIpc) is 2.59. The van der Waals surface area contributed by atoms with Gasteiger partial charge in [0, 0.05) is 22.5 Å². The lowest BCUT2D eigenvalue weighted by Crippen LogP contribution is -2.21. The molecule has 5 nitrogen and oxygen atoms in total. The first-order valence-corrected chi connectivity index (χ1v) is 8.90. The maximum Gasteiger partial charge on any atom is 0.250 e. The average molecular weight is 376 g/mol. The molecular formula is C18H18ClN3O2S. The van der Waals surface area contributed by atoms with Gasteiger partial charge < -0.3 is 5.32 Å². The number of amides is 2. The molecule has 2 amide bonds. The summed E-state index contributed by atoms with van der Waals surface area (Å²) in [6.07, 6.45) is 0. The van der Waals surface area contributed by atoms with Crippen LogP contribution in [0.15, 0.2) is 58.5 Å². The van der Waals surface area contributed by atoms with E-state index in [1.54, 1.807) is 31.2 Å². The summed E-state index contributed by atoms with van der Waals surface area (Å²) in [5, 5.41) is 7.49. The van der Waals surface area contributed by atoms with Gasteiger partial charge in [0.05, 0.1) is 11.5 Å². The molecule has 2 N–H and O–H groups in total. The van der Waals surface area contributed by atoms with Gasteiger partial charge in [-0.15, -0.1) is 11.8 Å². The number of nitrogens with one attached hydrogen (secondary N) is 2. The number of hydrogen-bond acceptors (Lipinski definition) is 4. The first-order chi connectivity index (χ1) is 11.9. The minimum absolute atomic E-state index is 0.140. The quantitative estimate of drug-likeness (QED) is 0.456. The highest BCUT2D eigenvalue weighted by Crippen LogP contribution is 2.20. The van der Waals surface area contributed by atoms with Crippen LogP contribution in [0.25, 0.3) is 0 Å². The van der Waals surface area contributed by atoms with E-state index in [9.17, 15) is 9.59 Å². The third-order valence-electron chi connectivity index (χ3n) is 3.13. The topological polar surface area (TPSA) is 70.6 Å². The number of carbonyl (C=O) groups excluding carboxylic acids is 2. The largest absolute Gasteiger partial charge is 0.326 e. The first kappa shape index (κ1) is 19.0. The molecule has 0 saturated heterocycles. The van der Waals surface area contributed by atoms with Gasteiger partial charge in [-0.25, -0.2) is 5.43 Å². The van der Waals surface area contributed by atoms with Crippen LogP contribution in [-0.2, 0) is 9.59 Å². The third kappa shape index (κ3) is 6.60. The van der Waals surface area contributed by atoms with Crippen LogP contribution >= 0.6 is 23.4 Å². The Bertz CT molecular complexity index is 791. The Kier molecular flexibility index (Phi) is 7.03. The van der Waals surface area contributed by atoms with E-state index in [1.807, 2.05) is 24.3 Å². The molecule has 0 atom stereocenters. The van der Waals surface area contributed by atoms with Crippen molar-refractivity contribution in [2.45, 2.75) is 18.7 Å². The van der Waals surface area contributed by atoms with Crippen molar-refractivity contribution in [3.63, 3.8) is 0 Å². The van der Waals surface area contributed by atoms with E-state index in [1.165, 1.54) is 18.7 Å². The number of nitrogens with zero attached hydrogens (tertiary/aromatic N) is 1. The number of rotatable bonds is 6. The number of anilines is 1. The summed E-state index contributed by atoms with van der Waals surface area (Å²) in [5.74, 6) is -0.0822. The molecule has 2 aromatic carbocycles. The smallest absolute Gasteiger partial charge is 0.250 e. The van der Waals surface area contributed by atoms with Crippen LogP contribution < -0.4 is 10.7 Å². The molecule has 0 bridgehead atoms. The molecule has 0 aliphatic heterocycles. The Labute approximate surface area is 155 Å². The monoisotopic (exact) mass is 375 g/mol. The Morgan fingerprint density at radius 1 is 1.12 bits per heavy atom. The van der Waals surface area contributed by atoms with Crippen LogP contribution in [0.1, 0.15) is 19.4 Å². The van der Waals surface area contributed by atoms with Crippen LogP contribution in [-0.4, -0.2) is 23.3 Å². The second-order valence-electron chi connectivity index (χ2n) is 5.24. The van der Waals surface area contributed by atoms with E-state index < -0.39 is 0 Å². The molecule has 0 radical (unpaired) electrons. The van der Waals surface area contributed by atoms with Gasteiger partial charge in [0.2, 0.25) is 11.8 Å². The Morgan fingerprint density at radius 2 is 1.84 bits per heavy atom. The third-order valence-corrected chi connectivity index (χ3v) is 4.40. The van der Waals surface area contributed by atoms with Crippen LogP contribution in [0.2, 0.25) is 5.02 Å². The number of thioether (sulfide) groups is 1. The summed E-state index contributed by atoms with van der Waals surface area (Å²) < 4.78 is 0. The fraction of sp³-hybridized carbons (Fsp3) is 0.167. The number of carbonyl (C=O) groups is 2. The summed E-state index contributed by atoms with van der Waals surface area (Å²) in [5.41, 5.74) is 4.69. The van der Waals surface area contributed by atoms with Crippen LogP contribution in [0.3, 0.4) is 0 Å². The van der Waals surface area contributed by atoms with E-state index in [0.717, 1.165) is 10.5 Å². The van der Waals surface area contributed by atoms with E-state index in [-0.39, 0.29) is 17.6 Å². The summed E-state index contributed by atoms with van der Waals surface area (Å²) in [6, 6.07) is 14.6. The lowest BCUT2D eigenvalue weighted by atomic mass is 10.1. The Balaban J connectivity index is 1.90. The van der Waals surface area contributed by atoms with Gasteiger partial charge in [-0.05, 0) is 48.9 Å². The number of halogens is 1. The predicted molar refractivity (Wildman–Crippen MR) is 103 cm³/mol. The summed E-state index contributed by atoms with van der Waals surface area (Å²) in [6.45, 7) is 3.24. The van der Waals surface area contributed by atoms with Crippen LogP contribution in [0.5, 0.6) is 0 Å². The standard InChI is InChI=1S/C18H18ClN3O2S/c1-12(14-4-3-5-16(10-14)20-13(2)23)21-22-18(24)11-25-17-8-6-15(19)7-9-17/h3-10H,11H2,1-2H3,(H,20,23)(H,22,24)/b21-12-. The Morgan fingerprint density at radius 3 is 2.52 bits per heavy atom. The molecule has 0 aliphatic carbocycles. The van der Waals surface area contributed by atoms with Gasteiger partial charge in [0.1, 0.15) is 0 Å². The van der Waals surface area contributed by atoms with Gasteiger partial charge in [-0.2, -0.15) is 5.10 Å². The zero-order valence-electron chi connectivity index (χ0n) is 13.9. The van der Waals surface area contributed by atoms with Crippen LogP contribution in [0, 0.1) is 0 Å². The molecule has 130 valence electrons. The van der Waals surface area contributed by atoms with Crippen molar-refractivity contribution in [3.8, 4) is 0 Å². The minimum Gasteiger partial charge on any atom is -0.326 e. The van der Waals surface area contributed by atoms with Crippen molar-refractivity contribution >= 4 is 46.6 Å². The predicted octanol–water partition coefficient (Wildman–Crippen LogP) is 3.93. The molecule has 0 unspecified atom stereocenters. The van der Waals surface area contributed by atoms with E-state index in [4.69, 9.17) is 11.6 Å². The lowest BCUT2D eigenvalue weighted by Gasteiger charge is -2.06. The molecule has 0 spiro atoms. The molecule has 2 rings (SSSR count). The van der Waals surface area contributed by atoms with Gasteiger partial charge in [0.15, 0.2) is 0 Å². The molecule has 0 fully saturated rings. The fourth-order valence-corrected chi connectivity index (χ4v) is 2.76. The van der Waals surface area contributed by atoms with Crippen LogP contribution in [0.4, 0.5) is 5.69 Å². The zero-order valence-corrected chi connectivity index (χ0v) is 15.4. The van der Waals surface area contributed by atoms with E-state index in [2.05, 4.69) is 15.8 Å².